The van der Waals surface area contributed by atoms with Crippen LogP contribution in [0.2, 0.25) is 0 Å². The van der Waals surface area contributed by atoms with Crippen LogP contribution in [0.25, 0.3) is 0 Å². The van der Waals surface area contributed by atoms with Crippen molar-refractivity contribution in [1.82, 2.24) is 5.32 Å². The normalized spacial score (nSPS) is 50.2. The quantitative estimate of drug-likeness (QED) is 0.0947. The van der Waals surface area contributed by atoms with Crippen LogP contribution in [0.4, 0.5) is 0 Å². The molecule has 4 saturated heterocycles. The van der Waals surface area contributed by atoms with Crippen molar-refractivity contribution >= 4 is 5.91 Å². The molecule has 4 aliphatic heterocycles. The van der Waals surface area contributed by atoms with Crippen LogP contribution in [0, 0.1) is 0 Å². The van der Waals surface area contributed by atoms with Crippen LogP contribution >= 0.6 is 0 Å². The Balaban J connectivity index is 1.53. The van der Waals surface area contributed by atoms with Gasteiger partial charge in [-0.2, -0.15) is 0 Å². The van der Waals surface area contributed by atoms with Gasteiger partial charge in [0.2, 0.25) is 5.91 Å². The van der Waals surface area contributed by atoms with Crippen LogP contribution < -0.4 is 5.32 Å². The third kappa shape index (κ3) is 8.08. The van der Waals surface area contributed by atoms with Gasteiger partial charge in [0.1, 0.15) is 97.6 Å². The number of carbonyl (C=O) groups is 1. The predicted octanol–water partition coefficient (Wildman–Crippen LogP) is -9.61. The first-order valence-corrected chi connectivity index (χ1v) is 15.1. The molecule has 280 valence electrons. The molecule has 0 saturated carbocycles. The van der Waals surface area contributed by atoms with E-state index in [4.69, 9.17) is 33.2 Å². The van der Waals surface area contributed by atoms with E-state index in [1.165, 1.54) is 0 Å². The van der Waals surface area contributed by atoms with Gasteiger partial charge in [-0.05, 0) is 0 Å². The number of hydrogen-bond acceptors (Lipinski definition) is 21. The summed E-state index contributed by atoms with van der Waals surface area (Å²) in [7, 11) is 0. The molecule has 0 aliphatic carbocycles. The van der Waals surface area contributed by atoms with Crippen molar-refractivity contribution in [1.29, 1.82) is 0 Å². The van der Waals surface area contributed by atoms with Crippen molar-refractivity contribution < 1.29 is 104 Å². The van der Waals surface area contributed by atoms with E-state index in [0.717, 1.165) is 6.92 Å². The molecule has 14 N–H and O–H groups in total. The minimum atomic E-state index is -2.09. The molecular weight excluding hydrogens is 662 g/mol. The lowest BCUT2D eigenvalue weighted by atomic mass is 9.95. The van der Waals surface area contributed by atoms with Crippen LogP contribution in [0.1, 0.15) is 6.92 Å². The minimum Gasteiger partial charge on any atom is -0.394 e. The predicted molar refractivity (Wildman–Crippen MR) is 145 cm³/mol. The zero-order chi connectivity index (χ0) is 35.6. The van der Waals surface area contributed by atoms with Crippen LogP contribution in [0.3, 0.4) is 0 Å². The van der Waals surface area contributed by atoms with Gasteiger partial charge in [0.05, 0.1) is 26.4 Å². The average Bonchev–Trinajstić information content (AvgIpc) is 3.06. The average molecular weight is 708 g/mol. The number of rotatable bonds is 11. The second kappa shape index (κ2) is 16.8. The Kier molecular flexibility index (Phi) is 13.8. The molecule has 1 amide bonds. The first kappa shape index (κ1) is 39.5. The summed E-state index contributed by atoms with van der Waals surface area (Å²) in [5.41, 5.74) is 0. The number of ether oxygens (including phenoxy) is 7. The van der Waals surface area contributed by atoms with Crippen LogP contribution in [0.5, 0.6) is 0 Å². The Morgan fingerprint density at radius 3 is 1.46 bits per heavy atom. The Morgan fingerprint density at radius 2 is 0.917 bits per heavy atom. The van der Waals surface area contributed by atoms with E-state index in [-0.39, 0.29) is 0 Å². The lowest BCUT2D eigenvalue weighted by Gasteiger charge is -2.49. The Bertz CT molecular complexity index is 1030. The summed E-state index contributed by atoms with van der Waals surface area (Å²) in [6, 6.07) is -1.47. The molecule has 4 rings (SSSR count). The lowest BCUT2D eigenvalue weighted by molar-refractivity contribution is -0.396. The maximum absolute atomic E-state index is 11.8. The van der Waals surface area contributed by atoms with Crippen LogP contribution in [-0.4, -0.2) is 221 Å². The molecule has 4 fully saturated rings. The van der Waals surface area contributed by atoms with Crippen molar-refractivity contribution in [2.45, 2.75) is 130 Å². The van der Waals surface area contributed by atoms with Gasteiger partial charge in [0, 0.05) is 6.92 Å². The van der Waals surface area contributed by atoms with E-state index in [1.807, 2.05) is 0 Å². The van der Waals surface area contributed by atoms with Gasteiger partial charge in [0.15, 0.2) is 25.2 Å². The fraction of sp³-hybridized carbons (Fsp3) is 0.962. The number of aliphatic hydroxyl groups is 13. The number of nitrogens with one attached hydrogen (secondary N) is 1. The summed E-state index contributed by atoms with van der Waals surface area (Å²) in [6.45, 7) is -2.29. The summed E-state index contributed by atoms with van der Waals surface area (Å²) >= 11 is 0. The molecular formula is C26H45NO21. The number of aliphatic hydroxyl groups excluding tert-OH is 13. The summed E-state index contributed by atoms with van der Waals surface area (Å²) in [5.74, 6) is -0.684. The molecule has 0 bridgehead atoms. The van der Waals surface area contributed by atoms with Crippen LogP contribution in [0.15, 0.2) is 0 Å². The Hall–Kier alpha value is -1.33. The molecule has 22 nitrogen and oxygen atoms in total. The second-order valence-corrected chi connectivity index (χ2v) is 11.9. The van der Waals surface area contributed by atoms with Crippen molar-refractivity contribution in [3.63, 3.8) is 0 Å². The molecule has 4 heterocycles. The molecule has 0 aromatic rings. The monoisotopic (exact) mass is 707 g/mol. The Morgan fingerprint density at radius 1 is 0.500 bits per heavy atom. The minimum absolute atomic E-state index is 0.684. The van der Waals surface area contributed by atoms with Gasteiger partial charge in [0.25, 0.3) is 0 Å². The molecule has 0 radical (unpaired) electrons. The van der Waals surface area contributed by atoms with Crippen molar-refractivity contribution in [2.24, 2.45) is 0 Å². The van der Waals surface area contributed by atoms with Gasteiger partial charge < -0.3 is 105 Å². The zero-order valence-corrected chi connectivity index (χ0v) is 25.5. The fourth-order valence-corrected chi connectivity index (χ4v) is 5.91. The van der Waals surface area contributed by atoms with Crippen LogP contribution in [-0.2, 0) is 38.0 Å². The maximum atomic E-state index is 11.8. The van der Waals surface area contributed by atoms with Crippen molar-refractivity contribution in [3.05, 3.63) is 0 Å². The highest BCUT2D eigenvalue weighted by Crippen LogP contribution is 2.34. The summed E-state index contributed by atoms with van der Waals surface area (Å²) in [6.07, 6.45) is -33.9. The van der Waals surface area contributed by atoms with Gasteiger partial charge >= 0.3 is 0 Å². The third-order valence-electron chi connectivity index (χ3n) is 8.61. The Labute approximate surface area is 272 Å². The number of carbonyl (C=O) groups excluding carboxylic acids is 1. The summed E-state index contributed by atoms with van der Waals surface area (Å²) in [5, 5.41) is 136. The van der Waals surface area contributed by atoms with Gasteiger partial charge in [-0.3, -0.25) is 4.79 Å². The standard InChI is InChI=1S/C26H45NO21/c1-6(32)27-11-15(36)12(33)8(3-29)43-24(11)46-20-10(5-31)45-25(19(40)18(20)39)48-22-17(38)14(35)9(4-30)44-26(22)47-21-16(37)13(34)7(2-28)42-23(21)41/h7-26,28-31,33-41H,2-5H2,1H3,(H,27,32)/t7-,8-,9-,10-,11-,12+,13-,14-,15-,16+,17+,18-,19+,20-,21+,22+,23-,24-,25-,26-/m1/s1. The van der Waals surface area contributed by atoms with E-state index >= 15 is 0 Å². The molecule has 0 spiro atoms. The topological polar surface area (TPSA) is 357 Å². The maximum Gasteiger partial charge on any atom is 0.217 e. The zero-order valence-electron chi connectivity index (χ0n) is 25.5. The van der Waals surface area contributed by atoms with Gasteiger partial charge in [-0.15, -0.1) is 0 Å². The largest absolute Gasteiger partial charge is 0.394 e. The number of hydrogen-bond donors (Lipinski definition) is 14. The third-order valence-corrected chi connectivity index (χ3v) is 8.61. The van der Waals surface area contributed by atoms with E-state index in [1.54, 1.807) is 0 Å². The van der Waals surface area contributed by atoms with E-state index in [0.29, 0.717) is 0 Å². The molecule has 0 aromatic carbocycles. The second-order valence-electron chi connectivity index (χ2n) is 11.9. The van der Waals surface area contributed by atoms with Crippen molar-refractivity contribution in [3.8, 4) is 0 Å². The highest BCUT2D eigenvalue weighted by Gasteiger charge is 2.55. The summed E-state index contributed by atoms with van der Waals surface area (Å²) < 4.78 is 38.5. The van der Waals surface area contributed by atoms with Gasteiger partial charge in [-0.25, -0.2) is 0 Å². The summed E-state index contributed by atoms with van der Waals surface area (Å²) in [4.78, 5) is 11.8. The van der Waals surface area contributed by atoms with Gasteiger partial charge in [-0.1, -0.05) is 0 Å². The number of amides is 1. The molecule has 0 aromatic heterocycles. The van der Waals surface area contributed by atoms with E-state index in [2.05, 4.69) is 5.32 Å². The molecule has 48 heavy (non-hydrogen) atoms. The van der Waals surface area contributed by atoms with E-state index in [9.17, 15) is 71.2 Å². The van der Waals surface area contributed by atoms with E-state index < -0.39 is 155 Å². The molecule has 22 heteroatoms. The molecule has 4 aliphatic rings. The molecule has 20 atom stereocenters. The highest BCUT2D eigenvalue weighted by molar-refractivity contribution is 5.73. The molecule has 0 unspecified atom stereocenters. The first-order valence-electron chi connectivity index (χ1n) is 15.1. The fourth-order valence-electron chi connectivity index (χ4n) is 5.91. The van der Waals surface area contributed by atoms with Crippen molar-refractivity contribution in [2.75, 3.05) is 26.4 Å². The highest BCUT2D eigenvalue weighted by atomic mass is 16.8. The lowest BCUT2D eigenvalue weighted by Crippen LogP contribution is -2.68. The smallest absolute Gasteiger partial charge is 0.217 e. The first-order chi connectivity index (χ1) is 22.7. The SMILES string of the molecule is CC(=O)N[C@H]1[C@@H](O[C@H]2[C@H](O)[C@H](O)[C@@H](O[C@@H]3[C@@H](O[C@H]4[C@@H](O)[C@H](O)[C@@H](CO)O[C@H]4O)O[C@H](CO)[C@@H](O)[C@@H]3O)O[C@@H]2CO)O[C@H](CO)[C@H](O)[C@@H]1O.